The van der Waals surface area contributed by atoms with Crippen molar-refractivity contribution in [2.24, 2.45) is 0 Å². The summed E-state index contributed by atoms with van der Waals surface area (Å²) in [7, 11) is 0. The van der Waals surface area contributed by atoms with E-state index in [-0.39, 0.29) is 13.2 Å². The maximum atomic E-state index is 10.7. The summed E-state index contributed by atoms with van der Waals surface area (Å²) in [5.74, 6) is 0.874. The number of carbonyl (C=O) groups excluding carboxylic acids is 2. The average molecular weight is 182 g/mol. The Hall–Kier alpha value is -1.76. The van der Waals surface area contributed by atoms with Gasteiger partial charge in [0.05, 0.1) is 6.61 Å². The standard InChI is InChI=1S/C9H10O4/c1-3-7-13-9(11)6-5-8(10)12-4-2/h1,5-6H,4,7H2,2H3/b6-5+. The van der Waals surface area contributed by atoms with Crippen molar-refractivity contribution in [2.45, 2.75) is 6.92 Å². The monoisotopic (exact) mass is 182 g/mol. The van der Waals surface area contributed by atoms with Crippen LogP contribution in [0.25, 0.3) is 0 Å². The van der Waals surface area contributed by atoms with Gasteiger partial charge in [-0.25, -0.2) is 9.59 Å². The van der Waals surface area contributed by atoms with Crippen molar-refractivity contribution in [2.75, 3.05) is 13.2 Å². The lowest BCUT2D eigenvalue weighted by molar-refractivity contribution is -0.139. The molecule has 0 bridgehead atoms. The molecule has 0 atom stereocenters. The third-order valence-corrected chi connectivity index (χ3v) is 0.940. The molecule has 0 unspecified atom stereocenters. The zero-order chi connectivity index (χ0) is 10.1. The van der Waals surface area contributed by atoms with Crippen LogP contribution in [0.3, 0.4) is 0 Å². The molecule has 0 rings (SSSR count). The van der Waals surface area contributed by atoms with Crippen LogP contribution in [-0.2, 0) is 19.1 Å². The van der Waals surface area contributed by atoms with Crippen LogP contribution in [0.15, 0.2) is 12.2 Å². The van der Waals surface area contributed by atoms with E-state index in [4.69, 9.17) is 6.42 Å². The number of rotatable bonds is 4. The summed E-state index contributed by atoms with van der Waals surface area (Å²) in [6.45, 7) is 1.83. The molecule has 0 N–H and O–H groups in total. The second-order valence-corrected chi connectivity index (χ2v) is 1.90. The second-order valence-electron chi connectivity index (χ2n) is 1.90. The molecule has 0 amide bonds. The summed E-state index contributed by atoms with van der Waals surface area (Å²) in [6.07, 6.45) is 6.79. The van der Waals surface area contributed by atoms with E-state index in [0.717, 1.165) is 12.2 Å². The third kappa shape index (κ3) is 6.63. The molecule has 0 saturated carbocycles. The summed E-state index contributed by atoms with van der Waals surface area (Å²) < 4.78 is 8.97. The van der Waals surface area contributed by atoms with E-state index in [9.17, 15) is 9.59 Å². The molecule has 4 heteroatoms. The largest absolute Gasteiger partial charge is 0.463 e. The number of ether oxygens (including phenoxy) is 2. The molecule has 0 aliphatic heterocycles. The zero-order valence-corrected chi connectivity index (χ0v) is 7.28. The minimum Gasteiger partial charge on any atom is -0.463 e. The number of hydrogen-bond acceptors (Lipinski definition) is 4. The fourth-order valence-corrected chi connectivity index (χ4v) is 0.487. The first-order valence-corrected chi connectivity index (χ1v) is 3.65. The van der Waals surface area contributed by atoms with Crippen LogP contribution in [0.1, 0.15) is 6.92 Å². The fraction of sp³-hybridized carbons (Fsp3) is 0.333. The molecule has 4 nitrogen and oxygen atoms in total. The van der Waals surface area contributed by atoms with E-state index >= 15 is 0 Å². The smallest absolute Gasteiger partial charge is 0.331 e. The molecule has 0 spiro atoms. The van der Waals surface area contributed by atoms with Crippen LogP contribution in [0.4, 0.5) is 0 Å². The molecular formula is C9H10O4. The minimum absolute atomic E-state index is 0.105. The lowest BCUT2D eigenvalue weighted by Crippen LogP contribution is -2.04. The van der Waals surface area contributed by atoms with Crippen LogP contribution in [0.2, 0.25) is 0 Å². The van der Waals surface area contributed by atoms with Crippen molar-refractivity contribution in [1.82, 2.24) is 0 Å². The van der Waals surface area contributed by atoms with Crippen LogP contribution in [0, 0.1) is 12.3 Å². The molecule has 0 aromatic carbocycles. The van der Waals surface area contributed by atoms with E-state index in [0.29, 0.717) is 0 Å². The Kier molecular flexibility index (Phi) is 5.98. The fourth-order valence-electron chi connectivity index (χ4n) is 0.487. The highest BCUT2D eigenvalue weighted by Gasteiger charge is 1.98. The van der Waals surface area contributed by atoms with Crippen molar-refractivity contribution < 1.29 is 19.1 Å². The quantitative estimate of drug-likeness (QED) is 0.356. The van der Waals surface area contributed by atoms with Gasteiger partial charge in [0, 0.05) is 12.2 Å². The van der Waals surface area contributed by atoms with Gasteiger partial charge in [-0.05, 0) is 6.92 Å². The first kappa shape index (κ1) is 11.2. The predicted octanol–water partition coefficient (Wildman–Crippen LogP) is 0.282. The topological polar surface area (TPSA) is 52.6 Å². The molecule has 0 aromatic rings. The van der Waals surface area contributed by atoms with E-state index in [2.05, 4.69) is 15.4 Å². The predicted molar refractivity (Wildman–Crippen MR) is 45.6 cm³/mol. The van der Waals surface area contributed by atoms with Crippen LogP contribution in [0.5, 0.6) is 0 Å². The van der Waals surface area contributed by atoms with Gasteiger partial charge in [-0.15, -0.1) is 6.42 Å². The first-order valence-electron chi connectivity index (χ1n) is 3.65. The van der Waals surface area contributed by atoms with Gasteiger partial charge in [-0.3, -0.25) is 0 Å². The normalized spacial score (nSPS) is 9.23. The average Bonchev–Trinajstić information content (AvgIpc) is 2.12. The van der Waals surface area contributed by atoms with Crippen LogP contribution in [-0.4, -0.2) is 25.2 Å². The third-order valence-electron chi connectivity index (χ3n) is 0.940. The van der Waals surface area contributed by atoms with E-state index in [1.807, 2.05) is 0 Å². The van der Waals surface area contributed by atoms with Crippen molar-refractivity contribution in [3.63, 3.8) is 0 Å². The van der Waals surface area contributed by atoms with Gasteiger partial charge >= 0.3 is 11.9 Å². The highest BCUT2D eigenvalue weighted by Crippen LogP contribution is 1.84. The van der Waals surface area contributed by atoms with Crippen molar-refractivity contribution in [3.8, 4) is 12.3 Å². The van der Waals surface area contributed by atoms with Gasteiger partial charge in [0.1, 0.15) is 0 Å². The lowest BCUT2D eigenvalue weighted by Gasteiger charge is -1.95. The number of esters is 2. The molecule has 0 heterocycles. The molecule has 0 aliphatic rings. The highest BCUT2D eigenvalue weighted by molar-refractivity contribution is 5.91. The Morgan fingerprint density at radius 3 is 2.31 bits per heavy atom. The summed E-state index contributed by atoms with van der Waals surface area (Å²) in [4.78, 5) is 21.4. The zero-order valence-electron chi connectivity index (χ0n) is 7.28. The van der Waals surface area contributed by atoms with Crippen LogP contribution < -0.4 is 0 Å². The van der Waals surface area contributed by atoms with Crippen molar-refractivity contribution in [3.05, 3.63) is 12.2 Å². The minimum atomic E-state index is -0.661. The number of carbonyl (C=O) groups is 2. The molecule has 0 radical (unpaired) electrons. The molecular weight excluding hydrogens is 172 g/mol. The van der Waals surface area contributed by atoms with Gasteiger partial charge in [0.2, 0.25) is 0 Å². The van der Waals surface area contributed by atoms with Crippen molar-refractivity contribution >= 4 is 11.9 Å². The number of terminal acetylenes is 1. The molecule has 0 aliphatic carbocycles. The van der Waals surface area contributed by atoms with E-state index < -0.39 is 11.9 Å². The van der Waals surface area contributed by atoms with Crippen LogP contribution >= 0.6 is 0 Å². The Morgan fingerprint density at radius 2 is 1.85 bits per heavy atom. The molecule has 70 valence electrons. The summed E-state index contributed by atoms with van der Waals surface area (Å²) in [5, 5.41) is 0. The maximum Gasteiger partial charge on any atom is 0.331 e. The molecule has 0 saturated heterocycles. The maximum absolute atomic E-state index is 10.7. The Morgan fingerprint density at radius 1 is 1.31 bits per heavy atom. The van der Waals surface area contributed by atoms with E-state index in [1.54, 1.807) is 6.92 Å². The van der Waals surface area contributed by atoms with Gasteiger partial charge in [0.15, 0.2) is 6.61 Å². The van der Waals surface area contributed by atoms with Gasteiger partial charge in [0.25, 0.3) is 0 Å². The molecule has 0 aromatic heterocycles. The van der Waals surface area contributed by atoms with Crippen molar-refractivity contribution in [1.29, 1.82) is 0 Å². The second kappa shape index (κ2) is 6.92. The Labute approximate surface area is 76.5 Å². The van der Waals surface area contributed by atoms with Gasteiger partial charge in [-0.1, -0.05) is 5.92 Å². The summed E-state index contributed by atoms with van der Waals surface area (Å²) >= 11 is 0. The highest BCUT2D eigenvalue weighted by atomic mass is 16.5. The van der Waals surface area contributed by atoms with Gasteiger partial charge < -0.3 is 9.47 Å². The summed E-state index contributed by atoms with van der Waals surface area (Å²) in [5.41, 5.74) is 0. The Balaban J connectivity index is 3.77. The van der Waals surface area contributed by atoms with E-state index in [1.165, 1.54) is 0 Å². The summed E-state index contributed by atoms with van der Waals surface area (Å²) in [6, 6.07) is 0. The number of hydrogen-bond donors (Lipinski definition) is 0. The molecule has 13 heavy (non-hydrogen) atoms. The van der Waals surface area contributed by atoms with Gasteiger partial charge in [-0.2, -0.15) is 0 Å². The lowest BCUT2D eigenvalue weighted by atomic mass is 10.5. The first-order chi connectivity index (χ1) is 6.20. The Bertz CT molecular complexity index is 247. The molecule has 0 fully saturated rings. The SMILES string of the molecule is C#CCOC(=O)/C=C/C(=O)OCC.